The van der Waals surface area contributed by atoms with E-state index in [0.717, 1.165) is 12.0 Å². The summed E-state index contributed by atoms with van der Waals surface area (Å²) in [6.45, 7) is 5.52. The molecular formula is C8H13F. The largest absolute Gasteiger partial charge is 0.207 e. The van der Waals surface area contributed by atoms with Gasteiger partial charge in [0.25, 0.3) is 0 Å². The maximum atomic E-state index is 12.6. The Morgan fingerprint density at radius 2 is 2.11 bits per heavy atom. The fraction of sp³-hybridized carbons (Fsp3) is 0.500. The molecule has 0 unspecified atom stereocenters. The zero-order valence-electron chi connectivity index (χ0n) is 6.24. The molecule has 9 heavy (non-hydrogen) atoms. The first-order valence-electron chi connectivity index (χ1n) is 3.21. The lowest BCUT2D eigenvalue weighted by molar-refractivity contribution is 0.645. The van der Waals surface area contributed by atoms with Gasteiger partial charge in [0.2, 0.25) is 0 Å². The van der Waals surface area contributed by atoms with E-state index in [2.05, 4.69) is 0 Å². The van der Waals surface area contributed by atoms with Crippen molar-refractivity contribution in [1.82, 2.24) is 0 Å². The van der Waals surface area contributed by atoms with E-state index in [1.165, 1.54) is 0 Å². The van der Waals surface area contributed by atoms with E-state index < -0.39 is 0 Å². The normalized spacial score (nSPS) is 14.2. The van der Waals surface area contributed by atoms with E-state index in [1.54, 1.807) is 19.1 Å². The lowest BCUT2D eigenvalue weighted by atomic mass is 10.2. The average Bonchev–Trinajstić information content (AvgIpc) is 1.87. The molecular weight excluding hydrogens is 115 g/mol. The number of hydrogen-bond donors (Lipinski definition) is 0. The molecule has 0 fully saturated rings. The smallest absolute Gasteiger partial charge is 0.121 e. The Bertz CT molecular complexity index is 132. The molecule has 0 N–H and O–H groups in total. The molecule has 0 spiro atoms. The van der Waals surface area contributed by atoms with Gasteiger partial charge in [-0.3, -0.25) is 0 Å². The Labute approximate surface area is 56.1 Å². The van der Waals surface area contributed by atoms with Crippen molar-refractivity contribution >= 4 is 0 Å². The summed E-state index contributed by atoms with van der Waals surface area (Å²) in [4.78, 5) is 0. The highest BCUT2D eigenvalue weighted by molar-refractivity contribution is 5.21. The maximum absolute atomic E-state index is 12.6. The van der Waals surface area contributed by atoms with E-state index in [-0.39, 0.29) is 5.83 Å². The molecule has 0 rings (SSSR count). The monoisotopic (exact) mass is 128 g/mol. The number of hydrogen-bond acceptors (Lipinski definition) is 0. The molecule has 0 heterocycles. The van der Waals surface area contributed by atoms with E-state index in [4.69, 9.17) is 0 Å². The van der Waals surface area contributed by atoms with Crippen molar-refractivity contribution in [3.05, 3.63) is 23.6 Å². The van der Waals surface area contributed by atoms with Crippen molar-refractivity contribution in [1.29, 1.82) is 0 Å². The summed E-state index contributed by atoms with van der Waals surface area (Å²) in [6, 6.07) is 0. The van der Waals surface area contributed by atoms with Crippen LogP contribution < -0.4 is 0 Å². The Hall–Kier alpha value is -0.590. The van der Waals surface area contributed by atoms with Gasteiger partial charge >= 0.3 is 0 Å². The van der Waals surface area contributed by atoms with Crippen molar-refractivity contribution in [2.75, 3.05) is 0 Å². The van der Waals surface area contributed by atoms with Crippen LogP contribution in [0.15, 0.2) is 23.6 Å². The van der Waals surface area contributed by atoms with Gasteiger partial charge in [0.15, 0.2) is 0 Å². The van der Waals surface area contributed by atoms with Crippen LogP contribution in [-0.4, -0.2) is 0 Å². The van der Waals surface area contributed by atoms with Crippen LogP contribution in [0.3, 0.4) is 0 Å². The molecule has 0 saturated heterocycles. The Balaban J connectivity index is 4.03. The fourth-order valence-electron chi connectivity index (χ4n) is 0.478. The van der Waals surface area contributed by atoms with Crippen LogP contribution in [0.5, 0.6) is 0 Å². The van der Waals surface area contributed by atoms with E-state index in [0.29, 0.717) is 0 Å². The van der Waals surface area contributed by atoms with Crippen molar-refractivity contribution in [2.24, 2.45) is 0 Å². The van der Waals surface area contributed by atoms with Gasteiger partial charge in [-0.1, -0.05) is 13.0 Å². The molecule has 0 atom stereocenters. The van der Waals surface area contributed by atoms with Crippen molar-refractivity contribution < 1.29 is 4.39 Å². The van der Waals surface area contributed by atoms with Gasteiger partial charge < -0.3 is 0 Å². The lowest BCUT2D eigenvalue weighted by Crippen LogP contribution is -1.74. The second-order valence-electron chi connectivity index (χ2n) is 1.93. The van der Waals surface area contributed by atoms with Crippen LogP contribution in [0.2, 0.25) is 0 Å². The fourth-order valence-corrected chi connectivity index (χ4v) is 0.478. The highest BCUT2D eigenvalue weighted by Crippen LogP contribution is 2.10. The second kappa shape index (κ2) is 4.30. The van der Waals surface area contributed by atoms with E-state index in [1.807, 2.05) is 13.8 Å². The molecule has 0 saturated carbocycles. The first-order valence-corrected chi connectivity index (χ1v) is 3.21. The van der Waals surface area contributed by atoms with Crippen LogP contribution in [0, 0.1) is 0 Å². The summed E-state index contributed by atoms with van der Waals surface area (Å²) in [7, 11) is 0. The second-order valence-corrected chi connectivity index (χ2v) is 1.93. The predicted molar refractivity (Wildman–Crippen MR) is 38.9 cm³/mol. The third kappa shape index (κ3) is 3.07. The molecule has 0 aromatic rings. The summed E-state index contributed by atoms with van der Waals surface area (Å²) in [5.41, 5.74) is 0.719. The molecule has 0 aromatic carbocycles. The molecule has 1 heteroatoms. The zero-order chi connectivity index (χ0) is 7.28. The third-order valence-corrected chi connectivity index (χ3v) is 1.19. The summed E-state index contributed by atoms with van der Waals surface area (Å²) in [5.74, 6) is -0.0972. The van der Waals surface area contributed by atoms with Gasteiger partial charge in [-0.2, -0.15) is 0 Å². The van der Waals surface area contributed by atoms with Crippen LogP contribution >= 0.6 is 0 Å². The average molecular weight is 128 g/mol. The lowest BCUT2D eigenvalue weighted by Gasteiger charge is -1.92. The molecule has 52 valence electrons. The molecule has 0 nitrogen and oxygen atoms in total. The van der Waals surface area contributed by atoms with Crippen molar-refractivity contribution in [3.63, 3.8) is 0 Å². The van der Waals surface area contributed by atoms with E-state index in [9.17, 15) is 4.39 Å². The predicted octanol–water partition coefficient (Wildman–Crippen LogP) is 3.22. The standard InChI is InChI=1S/C8H13F/c1-4-6-8(9)7(3)5-2/h5-6H,4H2,1-3H3/b7-5-,8-6+. The van der Waals surface area contributed by atoms with E-state index >= 15 is 0 Å². The van der Waals surface area contributed by atoms with Gasteiger partial charge in [-0.05, 0) is 31.9 Å². The Kier molecular flexibility index (Phi) is 4.02. The van der Waals surface area contributed by atoms with Gasteiger partial charge in [-0.25, -0.2) is 4.39 Å². The quantitative estimate of drug-likeness (QED) is 0.501. The van der Waals surface area contributed by atoms with Crippen LogP contribution in [0.25, 0.3) is 0 Å². The zero-order valence-corrected chi connectivity index (χ0v) is 6.24. The summed E-state index contributed by atoms with van der Waals surface area (Å²) >= 11 is 0. The minimum Gasteiger partial charge on any atom is -0.207 e. The molecule has 0 aliphatic carbocycles. The van der Waals surface area contributed by atoms with Crippen LogP contribution in [0.4, 0.5) is 4.39 Å². The van der Waals surface area contributed by atoms with Gasteiger partial charge in [0.1, 0.15) is 5.83 Å². The Morgan fingerprint density at radius 3 is 2.44 bits per heavy atom. The number of allylic oxidation sites excluding steroid dienone is 4. The van der Waals surface area contributed by atoms with Crippen molar-refractivity contribution in [2.45, 2.75) is 27.2 Å². The SMILES string of the molecule is C/C=C(C)\C(F)=C/CC. The van der Waals surface area contributed by atoms with Gasteiger partial charge in [0, 0.05) is 0 Å². The highest BCUT2D eigenvalue weighted by Gasteiger charge is 1.92. The van der Waals surface area contributed by atoms with Gasteiger partial charge in [0.05, 0.1) is 0 Å². The third-order valence-electron chi connectivity index (χ3n) is 1.19. The summed E-state index contributed by atoms with van der Waals surface area (Å²) in [6.07, 6.45) is 4.10. The first kappa shape index (κ1) is 8.41. The molecule has 0 amide bonds. The van der Waals surface area contributed by atoms with Gasteiger partial charge in [-0.15, -0.1) is 0 Å². The summed E-state index contributed by atoms with van der Waals surface area (Å²) < 4.78 is 12.6. The first-order chi connectivity index (χ1) is 4.22. The summed E-state index contributed by atoms with van der Waals surface area (Å²) in [5, 5.41) is 0. The Morgan fingerprint density at radius 1 is 1.56 bits per heavy atom. The minimum absolute atomic E-state index is 0.0972. The molecule has 0 aliphatic heterocycles. The number of halogens is 1. The van der Waals surface area contributed by atoms with Crippen molar-refractivity contribution in [3.8, 4) is 0 Å². The molecule has 0 aromatic heterocycles. The van der Waals surface area contributed by atoms with Crippen LogP contribution in [0.1, 0.15) is 27.2 Å². The molecule has 0 radical (unpaired) electrons. The molecule has 0 aliphatic rings. The maximum Gasteiger partial charge on any atom is 0.121 e. The topological polar surface area (TPSA) is 0 Å². The molecule has 0 bridgehead atoms. The minimum atomic E-state index is -0.0972. The number of rotatable bonds is 2. The van der Waals surface area contributed by atoms with Crippen LogP contribution in [-0.2, 0) is 0 Å². The highest BCUT2D eigenvalue weighted by atomic mass is 19.1.